The van der Waals surface area contributed by atoms with Gasteiger partial charge in [0, 0.05) is 18.8 Å². The van der Waals surface area contributed by atoms with Gasteiger partial charge in [-0.05, 0) is 34.6 Å². The molecule has 0 fully saturated rings. The Bertz CT molecular complexity index is 610. The van der Waals surface area contributed by atoms with E-state index in [-0.39, 0.29) is 5.03 Å². The van der Waals surface area contributed by atoms with Gasteiger partial charge in [-0.1, -0.05) is 0 Å². The zero-order valence-electron chi connectivity index (χ0n) is 12.6. The van der Waals surface area contributed by atoms with Crippen molar-refractivity contribution in [2.24, 2.45) is 12.5 Å². The minimum Gasteiger partial charge on any atom is -0.481 e. The number of rotatable bonds is 5. The molecule has 0 atom stereocenters. The lowest BCUT2D eigenvalue weighted by atomic mass is 9.75. The Balaban J connectivity index is 3.17. The van der Waals surface area contributed by atoms with Crippen LogP contribution in [0.1, 0.15) is 33.5 Å². The first kappa shape index (κ1) is 16.6. The van der Waals surface area contributed by atoms with Crippen molar-refractivity contribution in [1.82, 2.24) is 14.3 Å². The smallest absolute Gasteiger partial charge is 0.310 e. The van der Waals surface area contributed by atoms with Gasteiger partial charge < -0.3 is 9.67 Å². The molecule has 1 aromatic rings. The van der Waals surface area contributed by atoms with E-state index < -0.39 is 26.9 Å². The molecule has 1 rings (SSSR count). The number of carboxylic acid groups (broad SMARTS) is 1. The second-order valence-corrected chi connectivity index (χ2v) is 7.53. The second kappa shape index (κ2) is 4.85. The van der Waals surface area contributed by atoms with Crippen molar-refractivity contribution in [1.29, 1.82) is 0 Å². The number of imidazole rings is 1. The number of aliphatic carboxylic acids is 1. The first-order chi connectivity index (χ1) is 8.81. The van der Waals surface area contributed by atoms with Crippen molar-refractivity contribution >= 4 is 16.0 Å². The van der Waals surface area contributed by atoms with E-state index in [1.165, 1.54) is 33.9 Å². The molecule has 0 radical (unpaired) electrons. The molecule has 0 bridgehead atoms. The van der Waals surface area contributed by atoms with Gasteiger partial charge in [0.15, 0.2) is 5.03 Å². The van der Waals surface area contributed by atoms with E-state index >= 15 is 0 Å². The van der Waals surface area contributed by atoms with Crippen LogP contribution in [0.25, 0.3) is 0 Å². The van der Waals surface area contributed by atoms with Crippen LogP contribution in [0.4, 0.5) is 0 Å². The van der Waals surface area contributed by atoms with Crippen LogP contribution in [-0.2, 0) is 21.9 Å². The van der Waals surface area contributed by atoms with Crippen LogP contribution >= 0.6 is 0 Å². The van der Waals surface area contributed by atoms with E-state index in [1.807, 2.05) is 0 Å². The lowest BCUT2D eigenvalue weighted by Crippen LogP contribution is -2.56. The van der Waals surface area contributed by atoms with Gasteiger partial charge in [-0.25, -0.2) is 18.1 Å². The monoisotopic (exact) mass is 303 g/mol. The first-order valence-corrected chi connectivity index (χ1v) is 7.57. The maximum Gasteiger partial charge on any atom is 0.310 e. The van der Waals surface area contributed by atoms with E-state index in [0.717, 1.165) is 0 Å². The van der Waals surface area contributed by atoms with Crippen LogP contribution < -0.4 is 4.72 Å². The Morgan fingerprint density at radius 3 is 2.20 bits per heavy atom. The molecule has 0 unspecified atom stereocenters. The molecular weight excluding hydrogens is 282 g/mol. The summed E-state index contributed by atoms with van der Waals surface area (Å²) in [5, 5.41) is 9.12. The molecule has 2 N–H and O–H groups in total. The Morgan fingerprint density at radius 1 is 1.35 bits per heavy atom. The summed E-state index contributed by atoms with van der Waals surface area (Å²) >= 11 is 0. The van der Waals surface area contributed by atoms with E-state index in [2.05, 4.69) is 9.71 Å². The van der Waals surface area contributed by atoms with Crippen molar-refractivity contribution in [2.45, 2.75) is 45.2 Å². The Hall–Kier alpha value is -1.41. The normalized spacial score (nSPS) is 13.5. The summed E-state index contributed by atoms with van der Waals surface area (Å²) in [4.78, 5) is 15.3. The summed E-state index contributed by atoms with van der Waals surface area (Å²) in [6.07, 6.45) is 1.39. The van der Waals surface area contributed by atoms with Crippen LogP contribution in [0.5, 0.6) is 0 Å². The SMILES string of the molecule is Cc1nc(S(=O)(=O)NC(C)(C)C(C)(C)C(=O)O)cn1C. The van der Waals surface area contributed by atoms with Crippen molar-refractivity contribution in [3.8, 4) is 0 Å². The number of aromatic nitrogens is 2. The molecule has 7 nitrogen and oxygen atoms in total. The van der Waals surface area contributed by atoms with Crippen LogP contribution in [-0.4, -0.2) is 34.6 Å². The third kappa shape index (κ3) is 2.85. The summed E-state index contributed by atoms with van der Waals surface area (Å²) < 4.78 is 28.6. The van der Waals surface area contributed by atoms with Crippen LogP contribution in [0.2, 0.25) is 0 Å². The molecule has 0 aromatic carbocycles. The highest BCUT2D eigenvalue weighted by Crippen LogP contribution is 2.32. The number of hydrogen-bond acceptors (Lipinski definition) is 4. The van der Waals surface area contributed by atoms with Crippen molar-refractivity contribution in [3.05, 3.63) is 12.0 Å². The molecule has 20 heavy (non-hydrogen) atoms. The number of carbonyl (C=O) groups is 1. The van der Waals surface area contributed by atoms with Crippen LogP contribution in [0.3, 0.4) is 0 Å². The third-order valence-electron chi connectivity index (χ3n) is 3.85. The number of nitrogens with one attached hydrogen (secondary N) is 1. The second-order valence-electron chi connectivity index (χ2n) is 5.90. The number of hydrogen-bond donors (Lipinski definition) is 2. The van der Waals surface area contributed by atoms with Gasteiger partial charge in [0.05, 0.1) is 5.41 Å². The Kier molecular flexibility index (Phi) is 4.04. The quantitative estimate of drug-likeness (QED) is 0.841. The molecule has 0 spiro atoms. The number of nitrogens with zero attached hydrogens (tertiary/aromatic N) is 2. The average molecular weight is 303 g/mol. The highest BCUT2D eigenvalue weighted by molar-refractivity contribution is 7.89. The van der Waals surface area contributed by atoms with Gasteiger partial charge in [0.2, 0.25) is 0 Å². The molecule has 1 heterocycles. The van der Waals surface area contributed by atoms with Crippen molar-refractivity contribution in [2.75, 3.05) is 0 Å². The summed E-state index contributed by atoms with van der Waals surface area (Å²) in [5.74, 6) is -0.525. The van der Waals surface area contributed by atoms with Gasteiger partial charge in [-0.15, -0.1) is 0 Å². The highest BCUT2D eigenvalue weighted by atomic mass is 32.2. The fourth-order valence-electron chi connectivity index (χ4n) is 1.44. The van der Waals surface area contributed by atoms with Gasteiger partial charge >= 0.3 is 5.97 Å². The topological polar surface area (TPSA) is 101 Å². The van der Waals surface area contributed by atoms with Crippen LogP contribution in [0, 0.1) is 12.3 Å². The summed E-state index contributed by atoms with van der Waals surface area (Å²) in [6, 6.07) is 0. The zero-order chi connectivity index (χ0) is 15.9. The first-order valence-electron chi connectivity index (χ1n) is 6.08. The molecule has 1 aromatic heterocycles. The minimum atomic E-state index is -3.88. The molecule has 0 aliphatic carbocycles. The van der Waals surface area contributed by atoms with Crippen LogP contribution in [0.15, 0.2) is 11.2 Å². The van der Waals surface area contributed by atoms with E-state index in [1.54, 1.807) is 18.5 Å². The third-order valence-corrected chi connectivity index (χ3v) is 5.37. The zero-order valence-corrected chi connectivity index (χ0v) is 13.4. The summed E-state index contributed by atoms with van der Waals surface area (Å²) in [7, 11) is -2.19. The predicted molar refractivity (Wildman–Crippen MR) is 73.8 cm³/mol. The van der Waals surface area contributed by atoms with Gasteiger partial charge in [-0.3, -0.25) is 4.79 Å². The van der Waals surface area contributed by atoms with Crippen molar-refractivity contribution in [3.63, 3.8) is 0 Å². The molecule has 114 valence electrons. The van der Waals surface area contributed by atoms with E-state index in [0.29, 0.717) is 5.82 Å². The maximum atomic E-state index is 12.3. The number of carboxylic acids is 1. The molecule has 0 aliphatic rings. The lowest BCUT2D eigenvalue weighted by molar-refractivity contribution is -0.150. The van der Waals surface area contributed by atoms with Gasteiger partial charge in [0.25, 0.3) is 10.0 Å². The van der Waals surface area contributed by atoms with E-state index in [9.17, 15) is 18.3 Å². The molecule has 0 amide bonds. The fourth-order valence-corrected chi connectivity index (χ4v) is 3.02. The predicted octanol–water partition coefficient (Wildman–Crippen LogP) is 0.896. The Morgan fingerprint density at radius 2 is 1.85 bits per heavy atom. The standard InChI is InChI=1S/C12H21N3O4S/c1-8-13-9(7-15(8)6)20(18,19)14-12(4,5)11(2,3)10(16)17/h7,14H,1-6H3,(H,16,17). The molecule has 0 saturated carbocycles. The summed E-state index contributed by atoms with van der Waals surface area (Å²) in [5.41, 5.74) is -2.45. The Labute approximate surface area is 119 Å². The van der Waals surface area contributed by atoms with Crippen molar-refractivity contribution < 1.29 is 18.3 Å². The van der Waals surface area contributed by atoms with E-state index in [4.69, 9.17) is 0 Å². The molecule has 8 heteroatoms. The number of aryl methyl sites for hydroxylation is 2. The maximum absolute atomic E-state index is 12.3. The van der Waals surface area contributed by atoms with Gasteiger partial charge in [0.1, 0.15) is 5.82 Å². The number of sulfonamides is 1. The molecular formula is C12H21N3O4S. The fraction of sp³-hybridized carbons (Fsp3) is 0.667. The minimum absolute atomic E-state index is 0.119. The largest absolute Gasteiger partial charge is 0.481 e. The lowest BCUT2D eigenvalue weighted by Gasteiger charge is -2.38. The average Bonchev–Trinajstić information content (AvgIpc) is 2.58. The van der Waals surface area contributed by atoms with Gasteiger partial charge in [-0.2, -0.15) is 0 Å². The summed E-state index contributed by atoms with van der Waals surface area (Å²) in [6.45, 7) is 7.71. The molecule has 0 aliphatic heterocycles. The molecule has 0 saturated heterocycles. The highest BCUT2D eigenvalue weighted by Gasteiger charge is 2.46.